The van der Waals surface area contributed by atoms with E-state index in [-0.39, 0.29) is 11.9 Å². The molecule has 0 saturated carbocycles. The van der Waals surface area contributed by atoms with E-state index in [4.69, 9.17) is 0 Å². The van der Waals surface area contributed by atoms with Gasteiger partial charge in [-0.15, -0.1) is 11.3 Å². The van der Waals surface area contributed by atoms with E-state index in [9.17, 15) is 9.59 Å². The fraction of sp³-hybridized carbons (Fsp3) is 0.100. The number of para-hydroxylation sites is 1. The SMILES string of the molecule is Cc1ccc(NC(=O)c2ccc(NC(=O)Nc3ccccc3)s2)c(C)c1. The molecule has 2 aromatic carbocycles. The first-order valence-corrected chi connectivity index (χ1v) is 8.94. The largest absolute Gasteiger partial charge is 0.324 e. The average molecular weight is 365 g/mol. The maximum Gasteiger partial charge on any atom is 0.324 e. The second kappa shape index (κ2) is 7.84. The lowest BCUT2D eigenvalue weighted by molar-refractivity contribution is 0.103. The van der Waals surface area contributed by atoms with Crippen LogP contribution in [0, 0.1) is 13.8 Å². The van der Waals surface area contributed by atoms with Gasteiger partial charge < -0.3 is 10.6 Å². The van der Waals surface area contributed by atoms with E-state index in [2.05, 4.69) is 16.0 Å². The number of carbonyl (C=O) groups excluding carboxylic acids is 2. The number of benzene rings is 2. The van der Waals surface area contributed by atoms with Crippen molar-refractivity contribution in [2.75, 3.05) is 16.0 Å². The maximum atomic E-state index is 12.4. The molecule has 1 heterocycles. The molecule has 6 heteroatoms. The number of amides is 3. The van der Waals surface area contributed by atoms with Crippen LogP contribution in [0.15, 0.2) is 60.7 Å². The van der Waals surface area contributed by atoms with Gasteiger partial charge in [0.05, 0.1) is 9.88 Å². The zero-order valence-electron chi connectivity index (χ0n) is 14.5. The van der Waals surface area contributed by atoms with Gasteiger partial charge in [0.1, 0.15) is 0 Å². The lowest BCUT2D eigenvalue weighted by atomic mass is 10.1. The van der Waals surface area contributed by atoms with Crippen LogP contribution in [0.4, 0.5) is 21.2 Å². The van der Waals surface area contributed by atoms with E-state index in [1.807, 2.05) is 50.2 Å². The summed E-state index contributed by atoms with van der Waals surface area (Å²) in [5, 5.41) is 8.98. The molecule has 0 fully saturated rings. The van der Waals surface area contributed by atoms with Crippen molar-refractivity contribution >= 4 is 39.7 Å². The van der Waals surface area contributed by atoms with Crippen molar-refractivity contribution in [2.24, 2.45) is 0 Å². The van der Waals surface area contributed by atoms with Gasteiger partial charge in [-0.2, -0.15) is 0 Å². The summed E-state index contributed by atoms with van der Waals surface area (Å²) in [7, 11) is 0. The molecule has 0 radical (unpaired) electrons. The minimum absolute atomic E-state index is 0.196. The Hall–Kier alpha value is -3.12. The lowest BCUT2D eigenvalue weighted by Gasteiger charge is -2.08. The molecule has 0 aliphatic carbocycles. The fourth-order valence-electron chi connectivity index (χ4n) is 2.46. The van der Waals surface area contributed by atoms with E-state index < -0.39 is 0 Å². The number of anilines is 3. The number of aryl methyl sites for hydroxylation is 2. The highest BCUT2D eigenvalue weighted by Crippen LogP contribution is 2.24. The Morgan fingerprint density at radius 1 is 0.846 bits per heavy atom. The highest BCUT2D eigenvalue weighted by atomic mass is 32.1. The topological polar surface area (TPSA) is 70.2 Å². The smallest absolute Gasteiger partial charge is 0.321 e. The molecule has 3 N–H and O–H groups in total. The van der Waals surface area contributed by atoms with Crippen molar-refractivity contribution in [3.8, 4) is 0 Å². The molecular weight excluding hydrogens is 346 g/mol. The lowest BCUT2D eigenvalue weighted by Crippen LogP contribution is -2.18. The third-order valence-corrected chi connectivity index (χ3v) is 4.73. The van der Waals surface area contributed by atoms with Crippen LogP contribution in [0.25, 0.3) is 0 Å². The summed E-state index contributed by atoms with van der Waals surface area (Å²) in [6.07, 6.45) is 0. The molecule has 0 saturated heterocycles. The zero-order chi connectivity index (χ0) is 18.5. The van der Waals surface area contributed by atoms with Crippen molar-refractivity contribution in [3.05, 3.63) is 76.7 Å². The molecular formula is C20H19N3O2S. The van der Waals surface area contributed by atoms with Gasteiger partial charge in [0, 0.05) is 11.4 Å². The third kappa shape index (κ3) is 4.49. The van der Waals surface area contributed by atoms with Crippen LogP contribution in [0.2, 0.25) is 0 Å². The van der Waals surface area contributed by atoms with Crippen LogP contribution in [0.5, 0.6) is 0 Å². The van der Waals surface area contributed by atoms with Crippen molar-refractivity contribution in [3.63, 3.8) is 0 Å². The number of hydrogen-bond acceptors (Lipinski definition) is 3. The number of nitrogens with one attached hydrogen (secondary N) is 3. The van der Waals surface area contributed by atoms with Crippen LogP contribution in [-0.4, -0.2) is 11.9 Å². The van der Waals surface area contributed by atoms with E-state index in [1.54, 1.807) is 24.3 Å². The van der Waals surface area contributed by atoms with E-state index >= 15 is 0 Å². The van der Waals surface area contributed by atoms with Crippen molar-refractivity contribution < 1.29 is 9.59 Å². The Bertz CT molecular complexity index is 935. The molecule has 0 spiro atoms. The number of thiophene rings is 1. The van der Waals surface area contributed by atoms with Crippen molar-refractivity contribution in [1.82, 2.24) is 0 Å². The minimum Gasteiger partial charge on any atom is -0.321 e. The van der Waals surface area contributed by atoms with Gasteiger partial charge >= 0.3 is 6.03 Å². The number of urea groups is 1. The Kier molecular flexibility index (Phi) is 5.34. The molecule has 0 atom stereocenters. The van der Waals surface area contributed by atoms with Gasteiger partial charge in [-0.25, -0.2) is 4.79 Å². The molecule has 0 aliphatic rings. The molecule has 3 amide bonds. The number of hydrogen-bond donors (Lipinski definition) is 3. The molecule has 5 nitrogen and oxygen atoms in total. The molecule has 0 bridgehead atoms. The summed E-state index contributed by atoms with van der Waals surface area (Å²) < 4.78 is 0. The monoisotopic (exact) mass is 365 g/mol. The summed E-state index contributed by atoms with van der Waals surface area (Å²) in [5.41, 5.74) is 3.64. The first-order chi connectivity index (χ1) is 12.5. The van der Waals surface area contributed by atoms with Gasteiger partial charge in [-0.05, 0) is 49.7 Å². The Labute approximate surface area is 156 Å². The van der Waals surface area contributed by atoms with Gasteiger partial charge in [0.2, 0.25) is 0 Å². The molecule has 1 aromatic heterocycles. The van der Waals surface area contributed by atoms with Crippen LogP contribution < -0.4 is 16.0 Å². The third-order valence-electron chi connectivity index (χ3n) is 3.73. The van der Waals surface area contributed by atoms with Gasteiger partial charge in [-0.3, -0.25) is 10.1 Å². The Morgan fingerprint density at radius 2 is 1.62 bits per heavy atom. The van der Waals surface area contributed by atoms with Gasteiger partial charge in [0.25, 0.3) is 5.91 Å². The van der Waals surface area contributed by atoms with E-state index in [0.717, 1.165) is 16.8 Å². The zero-order valence-corrected chi connectivity index (χ0v) is 15.3. The predicted octanol–water partition coefficient (Wildman–Crippen LogP) is 5.26. The predicted molar refractivity (Wildman–Crippen MR) is 107 cm³/mol. The molecule has 3 aromatic rings. The molecule has 26 heavy (non-hydrogen) atoms. The first-order valence-electron chi connectivity index (χ1n) is 8.13. The summed E-state index contributed by atoms with van der Waals surface area (Å²) in [6.45, 7) is 3.97. The quantitative estimate of drug-likeness (QED) is 0.590. The summed E-state index contributed by atoms with van der Waals surface area (Å²) in [6, 6.07) is 18.1. The number of rotatable bonds is 4. The second-order valence-electron chi connectivity index (χ2n) is 5.88. The average Bonchev–Trinajstić information content (AvgIpc) is 3.06. The molecule has 0 unspecified atom stereocenters. The summed E-state index contributed by atoms with van der Waals surface area (Å²) >= 11 is 1.22. The van der Waals surface area contributed by atoms with Gasteiger partial charge in [-0.1, -0.05) is 35.9 Å². The summed E-state index contributed by atoms with van der Waals surface area (Å²) in [4.78, 5) is 25.0. The maximum absolute atomic E-state index is 12.4. The highest BCUT2D eigenvalue weighted by Gasteiger charge is 2.12. The summed E-state index contributed by atoms with van der Waals surface area (Å²) in [5.74, 6) is -0.196. The highest BCUT2D eigenvalue weighted by molar-refractivity contribution is 7.18. The first kappa shape index (κ1) is 17.7. The second-order valence-corrected chi connectivity index (χ2v) is 6.97. The van der Waals surface area contributed by atoms with Crippen LogP contribution in [0.1, 0.15) is 20.8 Å². The van der Waals surface area contributed by atoms with Gasteiger partial charge in [0.15, 0.2) is 0 Å². The molecule has 0 aliphatic heterocycles. The van der Waals surface area contributed by atoms with Crippen molar-refractivity contribution in [2.45, 2.75) is 13.8 Å². The standard InChI is InChI=1S/C20H19N3O2S/c1-13-8-9-16(14(2)12-13)22-19(24)17-10-11-18(26-17)23-20(25)21-15-6-4-3-5-7-15/h3-12H,1-2H3,(H,22,24)(H2,21,23,25). The Balaban J connectivity index is 1.61. The van der Waals surface area contributed by atoms with Crippen LogP contribution >= 0.6 is 11.3 Å². The van der Waals surface area contributed by atoms with Crippen molar-refractivity contribution in [1.29, 1.82) is 0 Å². The normalized spacial score (nSPS) is 10.2. The minimum atomic E-state index is -0.348. The van der Waals surface area contributed by atoms with E-state index in [0.29, 0.717) is 15.6 Å². The van der Waals surface area contributed by atoms with E-state index in [1.165, 1.54) is 11.3 Å². The van der Waals surface area contributed by atoms with Crippen LogP contribution in [0.3, 0.4) is 0 Å². The molecule has 3 rings (SSSR count). The molecule has 132 valence electrons. The Morgan fingerprint density at radius 3 is 2.35 bits per heavy atom. The van der Waals surface area contributed by atoms with Crippen LogP contribution in [-0.2, 0) is 0 Å². The number of carbonyl (C=O) groups is 2. The fourth-order valence-corrected chi connectivity index (χ4v) is 3.26.